The molecule has 11 aromatic rings. The molecule has 8 aromatic carbocycles. The molecule has 3 aromatic heterocycles. The van der Waals surface area contributed by atoms with Gasteiger partial charge in [-0.25, -0.2) is 0 Å². The molecule has 109 heavy (non-hydrogen) atoms. The number of benzene rings is 8. The average molecular weight is 1440 g/mol. The average Bonchev–Trinajstić information content (AvgIpc) is 1.48. The van der Waals surface area contributed by atoms with E-state index in [0.717, 1.165) is 172 Å². The molecule has 2 unspecified atom stereocenters. The van der Waals surface area contributed by atoms with Gasteiger partial charge in [0.05, 0.1) is 22.1 Å². The first-order chi connectivity index (χ1) is 52.2. The van der Waals surface area contributed by atoms with Crippen molar-refractivity contribution in [3.05, 3.63) is 196 Å². The third-order valence-electron chi connectivity index (χ3n) is 26.8. The number of unbranched alkanes of at least 4 members (excludes halogenated alkanes) is 12. The second-order valence-corrected chi connectivity index (χ2v) is 38.1. The maximum atomic E-state index is 16.6. The summed E-state index contributed by atoms with van der Waals surface area (Å²) >= 11 is 0. The Balaban J connectivity index is 0.925. The number of imide groups is 2. The Hall–Kier alpha value is -9.12. The Bertz CT molecular complexity index is 6230. The van der Waals surface area contributed by atoms with E-state index < -0.39 is 0 Å². The van der Waals surface area contributed by atoms with Crippen molar-refractivity contribution in [2.24, 2.45) is 10.8 Å². The van der Waals surface area contributed by atoms with Crippen molar-refractivity contribution in [2.45, 2.75) is 274 Å². The van der Waals surface area contributed by atoms with E-state index in [1.54, 1.807) is 9.80 Å². The molecule has 4 amide bonds. The van der Waals surface area contributed by atoms with E-state index in [2.05, 4.69) is 212 Å². The van der Waals surface area contributed by atoms with Crippen LogP contribution < -0.4 is 10.4 Å². The van der Waals surface area contributed by atoms with Gasteiger partial charge in [0.2, 0.25) is 0 Å². The first-order valence-electron chi connectivity index (χ1n) is 42.2. The van der Waals surface area contributed by atoms with Crippen LogP contribution in [0, 0.1) is 33.1 Å². The first-order valence-corrected chi connectivity index (χ1v) is 42.2. The summed E-state index contributed by atoms with van der Waals surface area (Å²) in [6, 6.07) is 28.8. The molecule has 0 saturated carbocycles. The Morgan fingerprint density at radius 1 is 0.404 bits per heavy atom. The van der Waals surface area contributed by atoms with Crippen LogP contribution in [0.5, 0.6) is 0 Å². The summed E-state index contributed by atoms with van der Waals surface area (Å²) in [5.74, 6) is 6.88. The predicted octanol–water partition coefficient (Wildman–Crippen LogP) is 24.8. The number of hydrogen-bond acceptors (Lipinski definition) is 4. The van der Waals surface area contributed by atoms with Gasteiger partial charge in [-0.2, -0.15) is 0 Å². The minimum Gasteiger partial charge on any atom is -0.307 e. The SMILES string of the molecule is CCCCCCC(CCCCCC)N1C(=O)c2ccc3c4ccc5c6c(c(C#Cc7cc8c9c%10c%11c%12c%13c%14c%15c(cc(C(C)(C)C)cc%15c(c7)c8n%11%14)C7=CC(C(C)(C)C)=CC(=c8cc(C(C)(C)C)cc(c8=%12)C%10C=C(C(C)(C)C)C=9)C7%13)cc(c7ccc(c2c37)C1=O)c64)C(=O)N(C(CCCCCC)CCCCCC)C5=O. The molecule has 0 N–H and O–H groups in total. The van der Waals surface area contributed by atoms with Crippen molar-refractivity contribution in [1.29, 1.82) is 0 Å². The zero-order valence-electron chi connectivity index (χ0n) is 67.7. The van der Waals surface area contributed by atoms with E-state index in [1.165, 1.54) is 109 Å². The summed E-state index contributed by atoms with van der Waals surface area (Å²) in [6.45, 7) is 37.4. The smallest absolute Gasteiger partial charge is 0.262 e. The number of fused-ring (bicyclic) bond motifs is 6. The number of hydrogen-bond donors (Lipinski definition) is 0. The van der Waals surface area contributed by atoms with Crippen LogP contribution in [0.15, 0.2) is 108 Å². The quantitative estimate of drug-likeness (QED) is 0.0223. The zero-order chi connectivity index (χ0) is 76.1. The highest BCUT2D eigenvalue weighted by molar-refractivity contribution is 6.42. The van der Waals surface area contributed by atoms with Gasteiger partial charge in [0.1, 0.15) is 0 Å². The summed E-state index contributed by atoms with van der Waals surface area (Å²) < 4.78 is 2.74. The minimum absolute atomic E-state index is 0.0216. The lowest BCUT2D eigenvalue weighted by Crippen LogP contribution is -2.47. The molecule has 0 bridgehead atoms. The molecule has 7 aliphatic rings. The second kappa shape index (κ2) is 25.7. The van der Waals surface area contributed by atoms with Gasteiger partial charge in [-0.1, -0.05) is 286 Å². The molecule has 0 saturated heterocycles. The largest absolute Gasteiger partial charge is 0.307 e. The van der Waals surface area contributed by atoms with Crippen molar-refractivity contribution >= 4 is 122 Å². The van der Waals surface area contributed by atoms with Gasteiger partial charge in [0.15, 0.2) is 0 Å². The lowest BCUT2D eigenvalue weighted by molar-refractivity contribution is 0.0501. The van der Waals surface area contributed by atoms with Crippen LogP contribution in [0.4, 0.5) is 0 Å². The number of aromatic nitrogens is 1. The predicted molar refractivity (Wildman–Crippen MR) is 455 cm³/mol. The van der Waals surface area contributed by atoms with Crippen molar-refractivity contribution in [1.82, 2.24) is 14.2 Å². The molecule has 556 valence electrons. The van der Waals surface area contributed by atoms with Crippen LogP contribution in [0.1, 0.15) is 337 Å². The molecule has 0 radical (unpaired) electrons. The first kappa shape index (κ1) is 71.5. The summed E-state index contributed by atoms with van der Waals surface area (Å²) in [6.07, 6.45) is 30.3. The molecule has 7 heteroatoms. The molecule has 5 heterocycles. The fraction of sp³-hybridized carbons (Fsp3) is 0.431. The van der Waals surface area contributed by atoms with Gasteiger partial charge in [0, 0.05) is 83.9 Å². The van der Waals surface area contributed by atoms with Crippen LogP contribution >= 0.6 is 0 Å². The van der Waals surface area contributed by atoms with E-state index in [1.807, 2.05) is 18.2 Å². The van der Waals surface area contributed by atoms with Crippen LogP contribution in [-0.4, -0.2) is 49.9 Å². The third kappa shape index (κ3) is 10.7. The van der Waals surface area contributed by atoms with Gasteiger partial charge >= 0.3 is 0 Å². The van der Waals surface area contributed by atoms with Crippen LogP contribution in [0.3, 0.4) is 0 Å². The van der Waals surface area contributed by atoms with Gasteiger partial charge in [-0.05, 0) is 199 Å². The van der Waals surface area contributed by atoms with Crippen LogP contribution in [-0.2, 0) is 10.8 Å². The number of allylic oxidation sites excluding steroid dienone is 6. The fourth-order valence-electron chi connectivity index (χ4n) is 21.0. The van der Waals surface area contributed by atoms with Gasteiger partial charge in [0.25, 0.3) is 23.6 Å². The highest BCUT2D eigenvalue weighted by Crippen LogP contribution is 2.60. The number of amides is 4. The van der Waals surface area contributed by atoms with Gasteiger partial charge in [-0.3, -0.25) is 29.0 Å². The maximum Gasteiger partial charge on any atom is 0.262 e. The number of pyridine rings is 2. The normalized spacial score (nSPS) is 17.2. The zero-order valence-corrected chi connectivity index (χ0v) is 67.7. The summed E-state index contributed by atoms with van der Waals surface area (Å²) in [5, 5.41) is 16.8. The van der Waals surface area contributed by atoms with Crippen molar-refractivity contribution in [3.63, 3.8) is 0 Å². The molecular weight excluding hydrogens is 1330 g/mol. The van der Waals surface area contributed by atoms with Crippen molar-refractivity contribution < 1.29 is 19.2 Å². The number of carbonyl (C=O) groups excluding carboxylic acids is 4. The molecule has 7 nitrogen and oxygen atoms in total. The van der Waals surface area contributed by atoms with E-state index in [4.69, 9.17) is 0 Å². The van der Waals surface area contributed by atoms with Gasteiger partial charge in [-0.15, -0.1) is 0 Å². The number of rotatable bonds is 22. The summed E-state index contributed by atoms with van der Waals surface area (Å²) in [7, 11) is 0. The minimum atomic E-state index is -0.280. The highest BCUT2D eigenvalue weighted by Gasteiger charge is 2.46. The van der Waals surface area contributed by atoms with E-state index in [0.29, 0.717) is 38.6 Å². The van der Waals surface area contributed by atoms with Crippen LogP contribution in [0.2, 0.25) is 0 Å². The number of carbonyl (C=O) groups is 4. The molecule has 0 spiro atoms. The lowest BCUT2D eigenvalue weighted by Gasteiger charge is -2.37. The number of nitrogens with zero attached hydrogens (tertiary/aromatic N) is 3. The standard InChI is InChI=1S/C102H109N3O4/c1-17-21-25-29-33-62(34-30-26-22-18-2)103-95(106)67-42-39-64-65-40-44-69-89-81(98(109)104(97(69)108)63(35-31-27-23-19-3)36-32-28-24-20-4)57(47-70(83(65)89)66-41-43-68(96(103)107)84(67)82(64)66)38-37-56-45-79-77-54-60(101(11,12)13)52-75-73-50-58(99(5,6)7)48-71-72-49-59(100(8,9)10)51-74-76-53-61(102(14,15)16)55-78-80(46-56)92(79)105-93(87(75)77)90(85(71)73)91(86(72)74)94(105)88(76)78/h39-55,62-63,75,86H,17-36H2,1-16H3. The molecule has 5 aliphatic carbocycles. The van der Waals surface area contributed by atoms with E-state index in [9.17, 15) is 0 Å². The third-order valence-corrected chi connectivity index (χ3v) is 26.8. The monoisotopic (exact) mass is 1440 g/mol. The lowest BCUT2D eigenvalue weighted by atomic mass is 9.65. The molecule has 2 aliphatic heterocycles. The van der Waals surface area contributed by atoms with E-state index >= 15 is 19.2 Å². The fourth-order valence-corrected chi connectivity index (χ4v) is 21.0. The molecule has 18 rings (SSSR count). The van der Waals surface area contributed by atoms with Gasteiger partial charge < -0.3 is 4.40 Å². The summed E-state index contributed by atoms with van der Waals surface area (Å²) in [5.41, 5.74) is 20.4. The second-order valence-electron chi connectivity index (χ2n) is 38.1. The van der Waals surface area contributed by atoms with Crippen molar-refractivity contribution in [2.75, 3.05) is 0 Å². The maximum absolute atomic E-state index is 16.6. The topological polar surface area (TPSA) is 79.2 Å². The Kier molecular flexibility index (Phi) is 16.9. The molecule has 2 atom stereocenters. The van der Waals surface area contributed by atoms with Crippen LogP contribution in [0.25, 0.3) is 98.4 Å². The Morgan fingerprint density at radius 2 is 0.917 bits per heavy atom. The molecular formula is C102H109N3O4. The summed E-state index contributed by atoms with van der Waals surface area (Å²) in [4.78, 5) is 66.9. The van der Waals surface area contributed by atoms with E-state index in [-0.39, 0.29) is 69.2 Å². The van der Waals surface area contributed by atoms with Crippen molar-refractivity contribution in [3.8, 4) is 11.8 Å². The molecule has 0 fully saturated rings. The highest BCUT2D eigenvalue weighted by atomic mass is 16.2. The Labute approximate surface area is 644 Å². The Morgan fingerprint density at radius 3 is 1.47 bits per heavy atom.